The van der Waals surface area contributed by atoms with Gasteiger partial charge in [-0.25, -0.2) is 9.59 Å². The van der Waals surface area contributed by atoms with E-state index >= 15 is 0 Å². The Kier molecular flexibility index (Phi) is 5.85. The van der Waals surface area contributed by atoms with Crippen molar-refractivity contribution in [2.45, 2.75) is 57.6 Å². The van der Waals surface area contributed by atoms with Crippen molar-refractivity contribution in [2.75, 3.05) is 19.7 Å². The molecule has 0 aromatic carbocycles. The molecule has 120 valence electrons. The van der Waals surface area contributed by atoms with Gasteiger partial charge in [0, 0.05) is 19.1 Å². The van der Waals surface area contributed by atoms with Gasteiger partial charge < -0.3 is 20.1 Å². The quantitative estimate of drug-likeness (QED) is 0.830. The number of ether oxygens (including phenoxy) is 1. The zero-order chi connectivity index (χ0) is 15.2. The van der Waals surface area contributed by atoms with Gasteiger partial charge in [-0.15, -0.1) is 0 Å². The van der Waals surface area contributed by atoms with Gasteiger partial charge in [0.1, 0.15) is 6.61 Å². The van der Waals surface area contributed by atoms with Crippen LogP contribution in [0.2, 0.25) is 0 Å². The van der Waals surface area contributed by atoms with E-state index in [1.54, 1.807) is 0 Å². The number of likely N-dealkylation sites (tertiary alicyclic amines) is 1. The second-order valence-electron chi connectivity index (χ2n) is 6.30. The van der Waals surface area contributed by atoms with Crippen molar-refractivity contribution in [2.24, 2.45) is 5.92 Å². The van der Waals surface area contributed by atoms with E-state index in [9.17, 15) is 9.59 Å². The van der Waals surface area contributed by atoms with Crippen molar-refractivity contribution < 1.29 is 19.4 Å². The molecule has 0 unspecified atom stereocenters. The minimum atomic E-state index is -0.943. The minimum Gasteiger partial charge on any atom is -0.480 e. The molecule has 2 fully saturated rings. The lowest BCUT2D eigenvalue weighted by atomic mass is 9.87. The summed E-state index contributed by atoms with van der Waals surface area (Å²) in [6.45, 7) is 3.29. The van der Waals surface area contributed by atoms with Crippen LogP contribution in [0.3, 0.4) is 0 Å². The summed E-state index contributed by atoms with van der Waals surface area (Å²) >= 11 is 0. The molecule has 6 nitrogen and oxygen atoms in total. The zero-order valence-electron chi connectivity index (χ0n) is 12.7. The molecular weight excluding hydrogens is 272 g/mol. The molecular formula is C15H26N2O4. The van der Waals surface area contributed by atoms with Crippen molar-refractivity contribution in [3.63, 3.8) is 0 Å². The van der Waals surface area contributed by atoms with Crippen LogP contribution in [0.1, 0.15) is 45.4 Å². The van der Waals surface area contributed by atoms with Gasteiger partial charge in [0.25, 0.3) is 0 Å². The smallest absolute Gasteiger partial charge is 0.329 e. The van der Waals surface area contributed by atoms with Crippen molar-refractivity contribution in [1.29, 1.82) is 0 Å². The maximum atomic E-state index is 12.2. The zero-order valence-corrected chi connectivity index (χ0v) is 12.7. The molecule has 0 spiro atoms. The number of carbonyl (C=O) groups is 2. The number of hydrogen-bond acceptors (Lipinski definition) is 3. The largest absolute Gasteiger partial charge is 0.480 e. The van der Waals surface area contributed by atoms with Crippen molar-refractivity contribution in [1.82, 2.24) is 10.2 Å². The number of nitrogens with zero attached hydrogens (tertiary/aromatic N) is 1. The van der Waals surface area contributed by atoms with Gasteiger partial charge in [-0.05, 0) is 44.4 Å². The fourth-order valence-corrected chi connectivity index (χ4v) is 3.09. The number of nitrogens with one attached hydrogen (secondary N) is 1. The van der Waals surface area contributed by atoms with Gasteiger partial charge in [-0.1, -0.05) is 6.92 Å². The van der Waals surface area contributed by atoms with E-state index in [0.717, 1.165) is 18.8 Å². The Morgan fingerprint density at radius 3 is 2.33 bits per heavy atom. The monoisotopic (exact) mass is 298 g/mol. The highest BCUT2D eigenvalue weighted by Crippen LogP contribution is 2.23. The van der Waals surface area contributed by atoms with Crippen LogP contribution >= 0.6 is 0 Å². The number of hydrogen-bond donors (Lipinski definition) is 2. The second kappa shape index (κ2) is 7.64. The molecule has 0 aromatic heterocycles. The highest BCUT2D eigenvalue weighted by Gasteiger charge is 2.26. The SMILES string of the molecule is CC1CCC(NC(=O)N2CCC(OCC(=O)O)CC2)CC1. The molecule has 2 aliphatic rings. The molecule has 2 rings (SSSR count). The molecule has 0 aromatic rings. The predicted octanol–water partition coefficient (Wildman–Crippen LogP) is 1.84. The number of carboxylic acids is 1. The first-order chi connectivity index (χ1) is 10.0. The molecule has 2 N–H and O–H groups in total. The number of aliphatic carboxylic acids is 1. The predicted molar refractivity (Wildman–Crippen MR) is 78.1 cm³/mol. The Morgan fingerprint density at radius 2 is 1.76 bits per heavy atom. The van der Waals surface area contributed by atoms with Crippen LogP contribution in [0.25, 0.3) is 0 Å². The fourth-order valence-electron chi connectivity index (χ4n) is 3.09. The van der Waals surface area contributed by atoms with Gasteiger partial charge in [0.05, 0.1) is 6.10 Å². The lowest BCUT2D eigenvalue weighted by molar-refractivity contribution is -0.145. The minimum absolute atomic E-state index is 0.0197. The van der Waals surface area contributed by atoms with Gasteiger partial charge >= 0.3 is 12.0 Å². The molecule has 0 atom stereocenters. The van der Waals surface area contributed by atoms with Crippen LogP contribution in [0.4, 0.5) is 4.79 Å². The van der Waals surface area contributed by atoms with E-state index < -0.39 is 5.97 Å². The molecule has 1 heterocycles. The number of urea groups is 1. The van der Waals surface area contributed by atoms with Crippen LogP contribution in [0.5, 0.6) is 0 Å². The number of piperidine rings is 1. The molecule has 1 aliphatic heterocycles. The third kappa shape index (κ3) is 5.19. The normalized spacial score (nSPS) is 27.4. The Hall–Kier alpha value is -1.30. The summed E-state index contributed by atoms with van der Waals surface area (Å²) in [5.41, 5.74) is 0. The number of amides is 2. The summed E-state index contributed by atoms with van der Waals surface area (Å²) in [6, 6.07) is 0.334. The lowest BCUT2D eigenvalue weighted by Gasteiger charge is -2.34. The first kappa shape index (κ1) is 16.1. The summed E-state index contributed by atoms with van der Waals surface area (Å²) in [7, 11) is 0. The molecule has 21 heavy (non-hydrogen) atoms. The standard InChI is InChI=1S/C15H26N2O4/c1-11-2-4-12(5-3-11)16-15(20)17-8-6-13(7-9-17)21-10-14(18)19/h11-13H,2-10H2,1H3,(H,16,20)(H,18,19). The third-order valence-electron chi connectivity index (χ3n) is 4.52. The molecule has 1 saturated heterocycles. The van der Waals surface area contributed by atoms with Crippen LogP contribution < -0.4 is 5.32 Å². The van der Waals surface area contributed by atoms with E-state index in [-0.39, 0.29) is 18.7 Å². The van der Waals surface area contributed by atoms with Crippen molar-refractivity contribution in [3.05, 3.63) is 0 Å². The third-order valence-corrected chi connectivity index (χ3v) is 4.52. The molecule has 0 bridgehead atoms. The maximum Gasteiger partial charge on any atom is 0.329 e. The maximum absolute atomic E-state index is 12.2. The highest BCUT2D eigenvalue weighted by atomic mass is 16.5. The molecule has 1 saturated carbocycles. The van der Waals surface area contributed by atoms with E-state index in [1.807, 2.05) is 4.90 Å². The first-order valence-corrected chi connectivity index (χ1v) is 7.93. The topological polar surface area (TPSA) is 78.9 Å². The van der Waals surface area contributed by atoms with E-state index in [0.29, 0.717) is 32.0 Å². The number of carbonyl (C=O) groups excluding carboxylic acids is 1. The van der Waals surface area contributed by atoms with E-state index in [1.165, 1.54) is 12.8 Å². The van der Waals surface area contributed by atoms with Gasteiger partial charge in [0.2, 0.25) is 0 Å². The van der Waals surface area contributed by atoms with Crippen LogP contribution in [0, 0.1) is 5.92 Å². The summed E-state index contributed by atoms with van der Waals surface area (Å²) in [5.74, 6) is -0.165. The van der Waals surface area contributed by atoms with Crippen LogP contribution in [-0.2, 0) is 9.53 Å². The van der Waals surface area contributed by atoms with Gasteiger partial charge in [0.15, 0.2) is 0 Å². The molecule has 2 amide bonds. The van der Waals surface area contributed by atoms with Gasteiger partial charge in [-0.3, -0.25) is 0 Å². The molecule has 0 radical (unpaired) electrons. The molecule has 1 aliphatic carbocycles. The molecule has 6 heteroatoms. The number of carboxylic acid groups (broad SMARTS) is 1. The Morgan fingerprint density at radius 1 is 1.14 bits per heavy atom. The lowest BCUT2D eigenvalue weighted by Crippen LogP contribution is -2.49. The Labute approximate surface area is 125 Å². The Bertz CT molecular complexity index is 359. The average molecular weight is 298 g/mol. The highest BCUT2D eigenvalue weighted by molar-refractivity contribution is 5.74. The van der Waals surface area contributed by atoms with Crippen molar-refractivity contribution >= 4 is 12.0 Å². The Balaban J connectivity index is 1.67. The second-order valence-corrected chi connectivity index (χ2v) is 6.30. The van der Waals surface area contributed by atoms with Crippen LogP contribution in [-0.4, -0.2) is 53.8 Å². The van der Waals surface area contributed by atoms with Gasteiger partial charge in [-0.2, -0.15) is 0 Å². The first-order valence-electron chi connectivity index (χ1n) is 7.93. The number of rotatable bonds is 4. The fraction of sp³-hybridized carbons (Fsp3) is 0.867. The summed E-state index contributed by atoms with van der Waals surface area (Å²) in [6.07, 6.45) is 5.91. The summed E-state index contributed by atoms with van der Waals surface area (Å²) in [4.78, 5) is 24.5. The van der Waals surface area contributed by atoms with E-state index in [2.05, 4.69) is 12.2 Å². The summed E-state index contributed by atoms with van der Waals surface area (Å²) < 4.78 is 5.28. The van der Waals surface area contributed by atoms with Crippen LogP contribution in [0.15, 0.2) is 0 Å². The van der Waals surface area contributed by atoms with Crippen molar-refractivity contribution in [3.8, 4) is 0 Å². The average Bonchev–Trinajstić information content (AvgIpc) is 2.48. The van der Waals surface area contributed by atoms with E-state index in [4.69, 9.17) is 9.84 Å². The summed E-state index contributed by atoms with van der Waals surface area (Å²) in [5, 5.41) is 11.7.